The number of rotatable bonds is 42. The largest absolute Gasteiger partial charge is 0.394 e. The summed E-state index contributed by atoms with van der Waals surface area (Å²) in [5.41, 5.74) is 0. The number of nitrogens with one attached hydrogen (secondary N) is 1. The smallest absolute Gasteiger partial charge is 0.220 e. The second-order valence-corrected chi connectivity index (χ2v) is 16.0. The standard InChI is InChI=1S/C45H91NO4/c1-3-5-7-9-11-13-14-15-16-17-18-19-20-21-22-23-24-25-26-27-28-29-30-31-32-34-36-38-40-44(49)46-42(41-47)45(50)43(48)39-37-35-33-12-10-8-6-4-2/h42-43,45,47-48,50H,3-41H2,1-2H3,(H,46,49). The summed E-state index contributed by atoms with van der Waals surface area (Å²) < 4.78 is 0. The highest BCUT2D eigenvalue weighted by atomic mass is 16.3. The van der Waals surface area contributed by atoms with Crippen LogP contribution >= 0.6 is 0 Å². The van der Waals surface area contributed by atoms with Gasteiger partial charge in [0.15, 0.2) is 0 Å². The van der Waals surface area contributed by atoms with E-state index < -0.39 is 18.2 Å². The summed E-state index contributed by atoms with van der Waals surface area (Å²) in [7, 11) is 0. The van der Waals surface area contributed by atoms with E-state index in [2.05, 4.69) is 19.2 Å². The van der Waals surface area contributed by atoms with Gasteiger partial charge in [0.1, 0.15) is 6.10 Å². The maximum atomic E-state index is 12.4. The van der Waals surface area contributed by atoms with E-state index in [1.54, 1.807) is 0 Å². The molecule has 0 saturated heterocycles. The summed E-state index contributed by atoms with van der Waals surface area (Å²) in [6.45, 7) is 4.16. The fourth-order valence-electron chi connectivity index (χ4n) is 7.40. The quantitative estimate of drug-likeness (QED) is 0.0475. The van der Waals surface area contributed by atoms with Gasteiger partial charge in [0, 0.05) is 6.42 Å². The predicted octanol–water partition coefficient (Wildman–Crippen LogP) is 13.0. The van der Waals surface area contributed by atoms with Gasteiger partial charge >= 0.3 is 0 Å². The molecule has 4 N–H and O–H groups in total. The van der Waals surface area contributed by atoms with Crippen molar-refractivity contribution in [2.45, 2.75) is 276 Å². The van der Waals surface area contributed by atoms with Gasteiger partial charge in [-0.2, -0.15) is 0 Å². The molecule has 0 rings (SSSR count). The lowest BCUT2D eigenvalue weighted by Gasteiger charge is -2.26. The first-order valence-corrected chi connectivity index (χ1v) is 22.8. The average Bonchev–Trinajstić information content (AvgIpc) is 3.12. The van der Waals surface area contributed by atoms with E-state index >= 15 is 0 Å². The van der Waals surface area contributed by atoms with E-state index in [0.29, 0.717) is 12.8 Å². The average molecular weight is 710 g/mol. The lowest BCUT2D eigenvalue weighted by atomic mass is 9.99. The van der Waals surface area contributed by atoms with Crippen molar-refractivity contribution < 1.29 is 20.1 Å². The number of hydrogen-bond donors (Lipinski definition) is 4. The van der Waals surface area contributed by atoms with Crippen molar-refractivity contribution in [1.82, 2.24) is 5.32 Å². The van der Waals surface area contributed by atoms with Gasteiger partial charge in [-0.15, -0.1) is 0 Å². The summed E-state index contributed by atoms with van der Waals surface area (Å²) >= 11 is 0. The Balaban J connectivity index is 3.43. The molecule has 3 unspecified atom stereocenters. The first-order valence-electron chi connectivity index (χ1n) is 22.8. The van der Waals surface area contributed by atoms with E-state index in [-0.39, 0.29) is 12.5 Å². The second kappa shape index (κ2) is 41.1. The van der Waals surface area contributed by atoms with Crippen molar-refractivity contribution in [3.63, 3.8) is 0 Å². The Morgan fingerprint density at radius 2 is 0.680 bits per heavy atom. The van der Waals surface area contributed by atoms with Gasteiger partial charge in [0.25, 0.3) is 0 Å². The summed E-state index contributed by atoms with van der Waals surface area (Å²) in [5, 5.41) is 33.3. The van der Waals surface area contributed by atoms with Crippen LogP contribution in [0.2, 0.25) is 0 Å². The number of carbonyl (C=O) groups is 1. The van der Waals surface area contributed by atoms with Gasteiger partial charge in [-0.05, 0) is 12.8 Å². The van der Waals surface area contributed by atoms with E-state index in [9.17, 15) is 20.1 Å². The van der Waals surface area contributed by atoms with Gasteiger partial charge in [0.2, 0.25) is 5.91 Å². The minimum atomic E-state index is -1.13. The van der Waals surface area contributed by atoms with Crippen LogP contribution in [-0.2, 0) is 4.79 Å². The Morgan fingerprint density at radius 1 is 0.420 bits per heavy atom. The minimum Gasteiger partial charge on any atom is -0.394 e. The number of unbranched alkanes of at least 4 members (excludes halogenated alkanes) is 34. The molecule has 0 aromatic heterocycles. The monoisotopic (exact) mass is 710 g/mol. The summed E-state index contributed by atoms with van der Waals surface area (Å²) in [6, 6.07) is -0.801. The van der Waals surface area contributed by atoms with Crippen molar-refractivity contribution in [1.29, 1.82) is 0 Å². The SMILES string of the molecule is CCCCCCCCCCCCCCCCCCCCCCCCCCCCCCC(=O)NC(CO)C(O)C(O)CCCCCCCCCC. The Morgan fingerprint density at radius 3 is 0.960 bits per heavy atom. The zero-order valence-corrected chi connectivity index (χ0v) is 34.1. The molecule has 0 radical (unpaired) electrons. The fraction of sp³-hybridized carbons (Fsp3) is 0.978. The molecule has 0 heterocycles. The van der Waals surface area contributed by atoms with E-state index in [1.165, 1.54) is 193 Å². The molecule has 0 bridgehead atoms. The third-order valence-corrected chi connectivity index (χ3v) is 11.0. The van der Waals surface area contributed by atoms with E-state index in [0.717, 1.165) is 38.5 Å². The molecule has 50 heavy (non-hydrogen) atoms. The third-order valence-electron chi connectivity index (χ3n) is 11.0. The molecule has 0 fully saturated rings. The van der Waals surface area contributed by atoms with Crippen LogP contribution in [0.25, 0.3) is 0 Å². The summed E-state index contributed by atoms with van der Waals surface area (Å²) in [4.78, 5) is 12.4. The number of aliphatic hydroxyl groups excluding tert-OH is 3. The Labute approximate surface area is 313 Å². The highest BCUT2D eigenvalue weighted by Crippen LogP contribution is 2.17. The molecule has 300 valence electrons. The number of carbonyl (C=O) groups excluding carboxylic acids is 1. The summed E-state index contributed by atoms with van der Waals surface area (Å²) in [6.07, 6.45) is 46.8. The number of hydrogen-bond acceptors (Lipinski definition) is 4. The Bertz CT molecular complexity index is 659. The number of aliphatic hydroxyl groups is 3. The molecular formula is C45H91NO4. The molecule has 0 aromatic rings. The van der Waals surface area contributed by atoms with Crippen LogP contribution < -0.4 is 5.32 Å². The van der Waals surface area contributed by atoms with Gasteiger partial charge in [-0.25, -0.2) is 0 Å². The fourth-order valence-corrected chi connectivity index (χ4v) is 7.40. The maximum absolute atomic E-state index is 12.4. The zero-order chi connectivity index (χ0) is 36.6. The molecule has 5 nitrogen and oxygen atoms in total. The molecule has 0 aliphatic rings. The van der Waals surface area contributed by atoms with Crippen molar-refractivity contribution in [3.8, 4) is 0 Å². The van der Waals surface area contributed by atoms with Crippen LogP contribution in [-0.4, -0.2) is 46.1 Å². The maximum Gasteiger partial charge on any atom is 0.220 e. The van der Waals surface area contributed by atoms with Crippen molar-refractivity contribution >= 4 is 5.91 Å². The van der Waals surface area contributed by atoms with Crippen LogP contribution in [0.1, 0.15) is 258 Å². The van der Waals surface area contributed by atoms with Crippen LogP contribution in [0.3, 0.4) is 0 Å². The second-order valence-electron chi connectivity index (χ2n) is 16.0. The van der Waals surface area contributed by atoms with Gasteiger partial charge in [-0.1, -0.05) is 239 Å². The third kappa shape index (κ3) is 35.7. The van der Waals surface area contributed by atoms with Crippen molar-refractivity contribution in [2.75, 3.05) is 6.61 Å². The molecule has 0 spiro atoms. The minimum absolute atomic E-state index is 0.141. The zero-order valence-electron chi connectivity index (χ0n) is 34.1. The highest BCUT2D eigenvalue weighted by Gasteiger charge is 2.26. The Kier molecular flexibility index (Phi) is 40.6. The van der Waals surface area contributed by atoms with Crippen LogP contribution in [0, 0.1) is 0 Å². The van der Waals surface area contributed by atoms with Gasteiger partial charge < -0.3 is 20.6 Å². The van der Waals surface area contributed by atoms with E-state index in [1.807, 2.05) is 0 Å². The molecule has 0 aliphatic carbocycles. The van der Waals surface area contributed by atoms with Gasteiger partial charge in [0.05, 0.1) is 18.8 Å². The van der Waals surface area contributed by atoms with Crippen LogP contribution in [0.4, 0.5) is 0 Å². The molecule has 3 atom stereocenters. The molecule has 0 aliphatic heterocycles. The van der Waals surface area contributed by atoms with Crippen molar-refractivity contribution in [3.05, 3.63) is 0 Å². The number of amides is 1. The normalized spacial score (nSPS) is 13.5. The molecule has 0 aromatic carbocycles. The lowest BCUT2D eigenvalue weighted by molar-refractivity contribution is -0.124. The molecule has 0 saturated carbocycles. The molecule has 1 amide bonds. The lowest BCUT2D eigenvalue weighted by Crippen LogP contribution is -2.50. The van der Waals surface area contributed by atoms with Gasteiger partial charge in [-0.3, -0.25) is 4.79 Å². The van der Waals surface area contributed by atoms with Crippen LogP contribution in [0.5, 0.6) is 0 Å². The summed E-state index contributed by atoms with van der Waals surface area (Å²) in [5.74, 6) is -0.141. The first-order chi connectivity index (χ1) is 24.6. The Hall–Kier alpha value is -0.650. The molecule has 5 heteroatoms. The molecular weight excluding hydrogens is 618 g/mol. The van der Waals surface area contributed by atoms with Crippen LogP contribution in [0.15, 0.2) is 0 Å². The van der Waals surface area contributed by atoms with Crippen molar-refractivity contribution in [2.24, 2.45) is 0 Å². The first kappa shape index (κ1) is 49.4. The topological polar surface area (TPSA) is 89.8 Å². The highest BCUT2D eigenvalue weighted by molar-refractivity contribution is 5.76. The predicted molar refractivity (Wildman–Crippen MR) is 218 cm³/mol. The van der Waals surface area contributed by atoms with E-state index in [4.69, 9.17) is 0 Å².